The molecule has 2 N–H and O–H groups in total. The first-order chi connectivity index (χ1) is 37.2. The van der Waals surface area contributed by atoms with Gasteiger partial charge in [0.05, 0.1) is 36.4 Å². The van der Waals surface area contributed by atoms with Crippen LogP contribution in [0.2, 0.25) is 0 Å². The van der Waals surface area contributed by atoms with Gasteiger partial charge in [0, 0.05) is 113 Å². The molecule has 0 aliphatic carbocycles. The summed E-state index contributed by atoms with van der Waals surface area (Å²) in [6.45, 7) is 10.0. The van der Waals surface area contributed by atoms with E-state index < -0.39 is 0 Å². The van der Waals surface area contributed by atoms with E-state index in [1.54, 1.807) is 14.2 Å². The fraction of sp³-hybridized carbons (Fsp3) is 0.484. The Labute approximate surface area is 452 Å². The monoisotopic (exact) mass is 1020 g/mol. The molecule has 4 saturated heterocycles. The SMILES string of the molecule is COc1cc2c(NC3CCN(c4ccccc4)CC3)nc(N3CCCCC3)nc2cc1C#CCCN(C)C.COc1cc2c(NC3CCN(c4ccccc4)CC3)nc(N3CCCCC3)nc2cc1C#CCCN(C)C. The van der Waals surface area contributed by atoms with Gasteiger partial charge in [-0.15, -0.1) is 0 Å². The number of aromatic nitrogens is 4. The van der Waals surface area contributed by atoms with Crippen LogP contribution in [0.5, 0.6) is 11.5 Å². The zero-order chi connectivity index (χ0) is 52.6. The number of hydrogen-bond donors (Lipinski definition) is 2. The molecule has 0 bridgehead atoms. The zero-order valence-corrected chi connectivity index (χ0v) is 46.1. The van der Waals surface area contributed by atoms with Gasteiger partial charge in [0.15, 0.2) is 0 Å². The largest absolute Gasteiger partial charge is 0.495 e. The van der Waals surface area contributed by atoms with Gasteiger partial charge in [-0.25, -0.2) is 9.97 Å². The van der Waals surface area contributed by atoms with E-state index in [-0.39, 0.29) is 0 Å². The molecular formula is C62H80N12O2. The van der Waals surface area contributed by atoms with Crippen molar-refractivity contribution in [3.05, 3.63) is 96.1 Å². The highest BCUT2D eigenvalue weighted by atomic mass is 16.5. The Kier molecular flexibility index (Phi) is 18.9. The van der Waals surface area contributed by atoms with Gasteiger partial charge in [-0.2, -0.15) is 9.97 Å². The first kappa shape index (κ1) is 53.8. The molecule has 76 heavy (non-hydrogen) atoms. The number of methoxy groups -OCH3 is 2. The highest BCUT2D eigenvalue weighted by molar-refractivity contribution is 5.94. The number of anilines is 6. The number of piperidine rings is 4. The van der Waals surface area contributed by atoms with Gasteiger partial charge in [0.25, 0.3) is 0 Å². The predicted molar refractivity (Wildman–Crippen MR) is 315 cm³/mol. The third kappa shape index (κ3) is 14.3. The quantitative estimate of drug-likeness (QED) is 0.101. The molecule has 4 fully saturated rings. The minimum atomic E-state index is 0.360. The van der Waals surface area contributed by atoms with E-state index in [0.717, 1.165) is 172 Å². The molecule has 0 spiro atoms. The fourth-order valence-electron chi connectivity index (χ4n) is 10.6. The highest BCUT2D eigenvalue weighted by Gasteiger charge is 2.25. The Morgan fingerprint density at radius 1 is 0.487 bits per heavy atom. The highest BCUT2D eigenvalue weighted by Crippen LogP contribution is 2.35. The van der Waals surface area contributed by atoms with Crippen molar-refractivity contribution in [1.82, 2.24) is 29.7 Å². The Balaban J connectivity index is 0.000000186. The Morgan fingerprint density at radius 3 is 1.22 bits per heavy atom. The van der Waals surface area contributed by atoms with Gasteiger partial charge in [-0.05, 0) is 141 Å². The van der Waals surface area contributed by atoms with Crippen molar-refractivity contribution >= 4 is 56.7 Å². The summed E-state index contributed by atoms with van der Waals surface area (Å²) in [4.78, 5) is 34.1. The number of para-hydroxylation sites is 2. The molecule has 14 nitrogen and oxygen atoms in total. The van der Waals surface area contributed by atoms with Gasteiger partial charge in [-0.3, -0.25) is 0 Å². The molecule has 6 aromatic rings. The molecular weight excluding hydrogens is 945 g/mol. The maximum atomic E-state index is 5.77. The summed E-state index contributed by atoms with van der Waals surface area (Å²) in [5.41, 5.74) is 6.20. The minimum Gasteiger partial charge on any atom is -0.495 e. The number of hydrogen-bond acceptors (Lipinski definition) is 14. The van der Waals surface area contributed by atoms with Crippen LogP contribution in [0.3, 0.4) is 0 Å². The molecule has 4 aromatic carbocycles. The average Bonchev–Trinajstić information content (AvgIpc) is 3.49. The summed E-state index contributed by atoms with van der Waals surface area (Å²) in [7, 11) is 11.7. The van der Waals surface area contributed by atoms with Gasteiger partial charge in [0.1, 0.15) is 23.1 Å². The molecule has 0 saturated carbocycles. The van der Waals surface area contributed by atoms with Crippen molar-refractivity contribution in [2.24, 2.45) is 0 Å². The Hall–Kier alpha value is -7.00. The molecule has 4 aliphatic heterocycles. The van der Waals surface area contributed by atoms with E-state index in [1.165, 1.54) is 49.9 Å². The first-order valence-electron chi connectivity index (χ1n) is 27.9. The summed E-state index contributed by atoms with van der Waals surface area (Å²) in [5.74, 6) is 18.2. The number of nitrogens with zero attached hydrogens (tertiary/aromatic N) is 10. The number of nitrogens with one attached hydrogen (secondary N) is 2. The van der Waals surface area contributed by atoms with Crippen LogP contribution in [0.4, 0.5) is 34.9 Å². The van der Waals surface area contributed by atoms with Crippen LogP contribution in [0.15, 0.2) is 84.9 Å². The number of rotatable bonds is 14. The lowest BCUT2D eigenvalue weighted by Crippen LogP contribution is -2.39. The third-order valence-corrected chi connectivity index (χ3v) is 15.0. The Bertz CT molecular complexity index is 2740. The van der Waals surface area contributed by atoms with Crippen molar-refractivity contribution in [2.45, 2.75) is 89.1 Å². The molecule has 4 aliphatic rings. The standard InChI is InChI=1S/2C31H40N6O/c2*1-35(2)17-11-8-12-24-22-28-27(23-29(24)38-3)30(34-31(33-28)37-18-9-5-10-19-37)32-25-15-20-36(21-16-25)26-13-6-4-7-14-26/h2*4,6-7,13-14,22-23,25H,5,9-11,15-21H2,1-3H3,(H,32,33,34). The fourth-order valence-corrected chi connectivity index (χ4v) is 10.6. The Morgan fingerprint density at radius 2 is 0.868 bits per heavy atom. The van der Waals surface area contributed by atoms with E-state index in [1.807, 2.05) is 0 Å². The molecule has 2 aromatic heterocycles. The summed E-state index contributed by atoms with van der Waals surface area (Å²) in [6.07, 6.45) is 13.2. The molecule has 0 unspecified atom stereocenters. The molecule has 400 valence electrons. The van der Waals surface area contributed by atoms with Crippen molar-refractivity contribution in [2.75, 3.05) is 138 Å². The van der Waals surface area contributed by atoms with Crippen molar-refractivity contribution < 1.29 is 9.47 Å². The van der Waals surface area contributed by atoms with Gasteiger partial charge >= 0.3 is 0 Å². The van der Waals surface area contributed by atoms with Crippen LogP contribution in [0.25, 0.3) is 21.8 Å². The number of fused-ring (bicyclic) bond motifs is 2. The zero-order valence-electron chi connectivity index (χ0n) is 46.1. The molecule has 14 heteroatoms. The molecule has 0 amide bonds. The summed E-state index contributed by atoms with van der Waals surface area (Å²) in [5, 5.41) is 9.60. The van der Waals surface area contributed by atoms with Crippen LogP contribution < -0.4 is 39.7 Å². The second-order valence-corrected chi connectivity index (χ2v) is 21.2. The third-order valence-electron chi connectivity index (χ3n) is 15.0. The summed E-state index contributed by atoms with van der Waals surface area (Å²) in [6, 6.07) is 30.4. The van der Waals surface area contributed by atoms with Crippen molar-refractivity contribution in [3.63, 3.8) is 0 Å². The lowest BCUT2D eigenvalue weighted by Gasteiger charge is -2.34. The number of benzene rings is 4. The normalized spacial score (nSPS) is 16.4. The summed E-state index contributed by atoms with van der Waals surface area (Å²) < 4.78 is 11.5. The summed E-state index contributed by atoms with van der Waals surface area (Å²) >= 11 is 0. The minimum absolute atomic E-state index is 0.360. The topological polar surface area (TPSA) is 114 Å². The predicted octanol–water partition coefficient (Wildman–Crippen LogP) is 10.0. The number of ether oxygens (including phenoxy) is 2. The van der Waals surface area contributed by atoms with Crippen LogP contribution in [-0.2, 0) is 0 Å². The van der Waals surface area contributed by atoms with E-state index in [4.69, 9.17) is 29.4 Å². The van der Waals surface area contributed by atoms with Gasteiger partial charge in [-0.1, -0.05) is 60.1 Å². The van der Waals surface area contributed by atoms with Crippen LogP contribution >= 0.6 is 0 Å². The van der Waals surface area contributed by atoms with Gasteiger partial charge < -0.3 is 49.5 Å². The molecule has 0 atom stereocenters. The maximum Gasteiger partial charge on any atom is 0.227 e. The van der Waals surface area contributed by atoms with E-state index in [0.29, 0.717) is 12.1 Å². The van der Waals surface area contributed by atoms with E-state index in [9.17, 15) is 0 Å². The maximum absolute atomic E-state index is 5.77. The van der Waals surface area contributed by atoms with E-state index in [2.05, 4.69) is 177 Å². The lowest BCUT2D eigenvalue weighted by atomic mass is 10.0. The van der Waals surface area contributed by atoms with Crippen molar-refractivity contribution in [1.29, 1.82) is 0 Å². The van der Waals surface area contributed by atoms with E-state index >= 15 is 0 Å². The second-order valence-electron chi connectivity index (χ2n) is 21.2. The molecule has 0 radical (unpaired) electrons. The van der Waals surface area contributed by atoms with Crippen LogP contribution in [0.1, 0.15) is 88.2 Å². The average molecular weight is 1030 g/mol. The van der Waals surface area contributed by atoms with Crippen LogP contribution in [-0.4, -0.2) is 150 Å². The molecule has 6 heterocycles. The molecule has 10 rings (SSSR count). The van der Waals surface area contributed by atoms with Gasteiger partial charge in [0.2, 0.25) is 11.9 Å². The smallest absolute Gasteiger partial charge is 0.227 e. The second kappa shape index (κ2) is 26.7. The first-order valence-corrected chi connectivity index (χ1v) is 27.9. The van der Waals surface area contributed by atoms with Crippen LogP contribution in [0, 0.1) is 23.7 Å². The van der Waals surface area contributed by atoms with Crippen molar-refractivity contribution in [3.8, 4) is 35.2 Å². The lowest BCUT2D eigenvalue weighted by molar-refractivity contribution is 0.414.